The average Bonchev–Trinajstić information content (AvgIpc) is 2.53. The minimum atomic E-state index is -0.659. The standard InChI is InChI=1S/C15H19NO3/c1-11-9-19-10-14(12(2)17)15(18)16(11)8-13-6-4-3-5-7-13/h3-7,11,14H,8-10H2,1-2H3. The van der Waals surface area contributed by atoms with E-state index in [-0.39, 0.29) is 24.3 Å². The van der Waals surface area contributed by atoms with Gasteiger partial charge in [0.15, 0.2) is 0 Å². The van der Waals surface area contributed by atoms with Gasteiger partial charge in [-0.15, -0.1) is 0 Å². The first-order valence-electron chi connectivity index (χ1n) is 6.52. The van der Waals surface area contributed by atoms with Crippen LogP contribution in [0.2, 0.25) is 0 Å². The van der Waals surface area contributed by atoms with Crippen LogP contribution in [0.1, 0.15) is 19.4 Å². The van der Waals surface area contributed by atoms with Gasteiger partial charge >= 0.3 is 0 Å². The molecule has 2 unspecified atom stereocenters. The van der Waals surface area contributed by atoms with Crippen molar-refractivity contribution in [3.05, 3.63) is 35.9 Å². The minimum Gasteiger partial charge on any atom is -0.378 e. The maximum atomic E-state index is 12.4. The Morgan fingerprint density at radius 3 is 2.63 bits per heavy atom. The second kappa shape index (κ2) is 5.97. The monoisotopic (exact) mass is 261 g/mol. The maximum absolute atomic E-state index is 12.4. The Labute approximate surface area is 113 Å². The summed E-state index contributed by atoms with van der Waals surface area (Å²) in [7, 11) is 0. The van der Waals surface area contributed by atoms with E-state index in [1.807, 2.05) is 37.3 Å². The fourth-order valence-corrected chi connectivity index (χ4v) is 2.24. The molecule has 4 heteroatoms. The average molecular weight is 261 g/mol. The summed E-state index contributed by atoms with van der Waals surface area (Å²) in [4.78, 5) is 25.7. The largest absolute Gasteiger partial charge is 0.378 e. The molecule has 1 aliphatic heterocycles. The summed E-state index contributed by atoms with van der Waals surface area (Å²) < 4.78 is 5.44. The van der Waals surface area contributed by atoms with Gasteiger partial charge in [-0.25, -0.2) is 0 Å². The molecule has 0 aromatic heterocycles. The number of amides is 1. The highest BCUT2D eigenvalue weighted by Crippen LogP contribution is 2.17. The highest BCUT2D eigenvalue weighted by atomic mass is 16.5. The lowest BCUT2D eigenvalue weighted by Crippen LogP contribution is -2.43. The number of ether oxygens (including phenoxy) is 1. The summed E-state index contributed by atoms with van der Waals surface area (Å²) in [5.74, 6) is -0.910. The van der Waals surface area contributed by atoms with Crippen molar-refractivity contribution >= 4 is 11.7 Å². The third-order valence-electron chi connectivity index (χ3n) is 3.44. The van der Waals surface area contributed by atoms with E-state index in [2.05, 4.69) is 0 Å². The number of carbonyl (C=O) groups excluding carboxylic acids is 2. The number of rotatable bonds is 3. The number of nitrogens with zero attached hydrogens (tertiary/aromatic N) is 1. The molecular formula is C15H19NO3. The van der Waals surface area contributed by atoms with Gasteiger partial charge in [-0.05, 0) is 19.4 Å². The molecule has 0 saturated carbocycles. The number of Topliss-reactive ketones (excluding diaryl/α,β-unsaturated/α-hetero) is 1. The smallest absolute Gasteiger partial charge is 0.236 e. The van der Waals surface area contributed by atoms with Crippen LogP contribution in [-0.2, 0) is 20.9 Å². The zero-order chi connectivity index (χ0) is 13.8. The third kappa shape index (κ3) is 3.20. The van der Waals surface area contributed by atoms with Crippen LogP contribution in [0.25, 0.3) is 0 Å². The topological polar surface area (TPSA) is 46.6 Å². The molecule has 0 bridgehead atoms. The van der Waals surface area contributed by atoms with E-state index >= 15 is 0 Å². The minimum absolute atomic E-state index is 0.0166. The molecule has 1 heterocycles. The lowest BCUT2D eigenvalue weighted by Gasteiger charge is -2.28. The quantitative estimate of drug-likeness (QED) is 0.777. The Balaban J connectivity index is 2.19. The van der Waals surface area contributed by atoms with Crippen LogP contribution >= 0.6 is 0 Å². The van der Waals surface area contributed by atoms with Gasteiger partial charge in [0.05, 0.1) is 19.3 Å². The number of carbonyl (C=O) groups is 2. The van der Waals surface area contributed by atoms with Crippen LogP contribution in [0.3, 0.4) is 0 Å². The van der Waals surface area contributed by atoms with E-state index in [4.69, 9.17) is 4.74 Å². The molecule has 0 spiro atoms. The van der Waals surface area contributed by atoms with Crippen molar-refractivity contribution < 1.29 is 14.3 Å². The lowest BCUT2D eigenvalue weighted by atomic mass is 10.0. The van der Waals surface area contributed by atoms with Gasteiger partial charge in [0.25, 0.3) is 0 Å². The van der Waals surface area contributed by atoms with Gasteiger partial charge in [0.1, 0.15) is 11.7 Å². The van der Waals surface area contributed by atoms with E-state index in [9.17, 15) is 9.59 Å². The van der Waals surface area contributed by atoms with Gasteiger partial charge in [-0.1, -0.05) is 30.3 Å². The van der Waals surface area contributed by atoms with Crippen molar-refractivity contribution in [2.75, 3.05) is 13.2 Å². The molecule has 0 radical (unpaired) electrons. The zero-order valence-corrected chi connectivity index (χ0v) is 11.3. The third-order valence-corrected chi connectivity index (χ3v) is 3.44. The molecular weight excluding hydrogens is 242 g/mol. The van der Waals surface area contributed by atoms with Crippen LogP contribution in [-0.4, -0.2) is 35.8 Å². The molecule has 1 fully saturated rings. The molecule has 19 heavy (non-hydrogen) atoms. The zero-order valence-electron chi connectivity index (χ0n) is 11.3. The molecule has 1 saturated heterocycles. The van der Waals surface area contributed by atoms with Crippen molar-refractivity contribution in [2.45, 2.75) is 26.4 Å². The highest BCUT2D eigenvalue weighted by Gasteiger charge is 2.34. The van der Waals surface area contributed by atoms with E-state index in [0.717, 1.165) is 5.56 Å². The Morgan fingerprint density at radius 2 is 2.00 bits per heavy atom. The van der Waals surface area contributed by atoms with Crippen molar-refractivity contribution in [3.63, 3.8) is 0 Å². The number of hydrogen-bond donors (Lipinski definition) is 0. The first-order valence-corrected chi connectivity index (χ1v) is 6.52. The summed E-state index contributed by atoms with van der Waals surface area (Å²) >= 11 is 0. The molecule has 1 aromatic carbocycles. The van der Waals surface area contributed by atoms with Crippen molar-refractivity contribution in [1.82, 2.24) is 4.90 Å². The van der Waals surface area contributed by atoms with Crippen LogP contribution < -0.4 is 0 Å². The number of hydrogen-bond acceptors (Lipinski definition) is 3. The maximum Gasteiger partial charge on any atom is 0.236 e. The van der Waals surface area contributed by atoms with Gasteiger partial charge in [0, 0.05) is 6.54 Å². The van der Waals surface area contributed by atoms with Crippen LogP contribution in [0.5, 0.6) is 0 Å². The fourth-order valence-electron chi connectivity index (χ4n) is 2.24. The number of ketones is 1. The van der Waals surface area contributed by atoms with Gasteiger partial charge in [-0.3, -0.25) is 9.59 Å². The van der Waals surface area contributed by atoms with Crippen molar-refractivity contribution in [1.29, 1.82) is 0 Å². The molecule has 1 aromatic rings. The second-order valence-electron chi connectivity index (χ2n) is 5.00. The SMILES string of the molecule is CC(=O)C1COCC(C)N(Cc2ccccc2)C1=O. The predicted octanol–water partition coefficient (Wildman–Crippen LogP) is 1.64. The van der Waals surface area contributed by atoms with Crippen molar-refractivity contribution in [3.8, 4) is 0 Å². The fraction of sp³-hybridized carbons (Fsp3) is 0.467. The second-order valence-corrected chi connectivity index (χ2v) is 5.00. The molecule has 0 aliphatic carbocycles. The van der Waals surface area contributed by atoms with E-state index in [1.165, 1.54) is 6.92 Å². The normalized spacial score (nSPS) is 24.1. The van der Waals surface area contributed by atoms with Crippen molar-refractivity contribution in [2.24, 2.45) is 5.92 Å². The van der Waals surface area contributed by atoms with Gasteiger partial charge in [-0.2, -0.15) is 0 Å². The highest BCUT2D eigenvalue weighted by molar-refractivity contribution is 6.00. The van der Waals surface area contributed by atoms with E-state index < -0.39 is 5.92 Å². The lowest BCUT2D eigenvalue weighted by molar-refractivity contribution is -0.141. The molecule has 4 nitrogen and oxygen atoms in total. The summed E-state index contributed by atoms with van der Waals surface area (Å²) in [5, 5.41) is 0. The summed E-state index contributed by atoms with van der Waals surface area (Å²) in [6, 6.07) is 9.78. The molecule has 0 N–H and O–H groups in total. The molecule has 2 atom stereocenters. The van der Waals surface area contributed by atoms with Gasteiger partial charge < -0.3 is 9.64 Å². The molecule has 1 aliphatic rings. The van der Waals surface area contributed by atoms with E-state index in [0.29, 0.717) is 13.2 Å². The van der Waals surface area contributed by atoms with Crippen LogP contribution in [0, 0.1) is 5.92 Å². The van der Waals surface area contributed by atoms with E-state index in [1.54, 1.807) is 4.90 Å². The summed E-state index contributed by atoms with van der Waals surface area (Å²) in [6.45, 7) is 4.59. The van der Waals surface area contributed by atoms with Gasteiger partial charge in [0.2, 0.25) is 5.91 Å². The van der Waals surface area contributed by atoms with Crippen LogP contribution in [0.4, 0.5) is 0 Å². The first-order chi connectivity index (χ1) is 9.09. The Morgan fingerprint density at radius 1 is 1.32 bits per heavy atom. The molecule has 2 rings (SSSR count). The first kappa shape index (κ1) is 13.7. The molecule has 102 valence electrons. The Bertz CT molecular complexity index is 458. The molecule has 1 amide bonds. The predicted molar refractivity (Wildman–Crippen MR) is 71.4 cm³/mol. The Kier molecular flexibility index (Phi) is 4.32. The van der Waals surface area contributed by atoms with Crippen LogP contribution in [0.15, 0.2) is 30.3 Å². The summed E-state index contributed by atoms with van der Waals surface area (Å²) in [6.07, 6.45) is 0. The number of benzene rings is 1. The summed E-state index contributed by atoms with van der Waals surface area (Å²) in [5.41, 5.74) is 1.06. The Hall–Kier alpha value is -1.68.